The van der Waals surface area contributed by atoms with E-state index in [-0.39, 0.29) is 0 Å². The van der Waals surface area contributed by atoms with Gasteiger partial charge in [-0.1, -0.05) is 18.2 Å². The lowest BCUT2D eigenvalue weighted by Crippen LogP contribution is -2.12. The number of anilines is 2. The van der Waals surface area contributed by atoms with Gasteiger partial charge in [0.05, 0.1) is 24.7 Å². The van der Waals surface area contributed by atoms with Gasteiger partial charge in [-0.15, -0.1) is 0 Å². The molecule has 0 atom stereocenters. The molecule has 2 heterocycles. The van der Waals surface area contributed by atoms with E-state index in [1.54, 1.807) is 12.3 Å². The Morgan fingerprint density at radius 1 is 1.12 bits per heavy atom. The molecule has 7 nitrogen and oxygen atoms in total. The van der Waals surface area contributed by atoms with Crippen LogP contribution in [0.3, 0.4) is 0 Å². The van der Waals surface area contributed by atoms with Crippen molar-refractivity contribution < 1.29 is 9.53 Å². The highest BCUT2D eigenvalue weighted by atomic mass is 16.5. The molecule has 126 valence electrons. The predicted molar refractivity (Wildman–Crippen MR) is 95.9 cm³/mol. The standard InChI is InChI=1S/C18H17N5O2/c1-11-15(7-14(19)9-20-11)12-4-3-5-13(6-12)16-8-17(22-10-21-16)23-18(24)25-2/h3-10H,19H2,1-2H3,(H,21,22,23,24). The van der Waals surface area contributed by atoms with Crippen molar-refractivity contribution in [2.45, 2.75) is 6.92 Å². The highest BCUT2D eigenvalue weighted by molar-refractivity contribution is 5.84. The van der Waals surface area contributed by atoms with Gasteiger partial charge in [-0.05, 0) is 24.6 Å². The Morgan fingerprint density at radius 2 is 1.92 bits per heavy atom. The number of rotatable bonds is 3. The van der Waals surface area contributed by atoms with Gasteiger partial charge in [-0.3, -0.25) is 10.3 Å². The number of hydrogen-bond acceptors (Lipinski definition) is 6. The Morgan fingerprint density at radius 3 is 2.72 bits per heavy atom. The average Bonchev–Trinajstić information content (AvgIpc) is 2.64. The first-order valence-electron chi connectivity index (χ1n) is 7.57. The number of nitrogens with one attached hydrogen (secondary N) is 1. The zero-order valence-electron chi connectivity index (χ0n) is 13.9. The third kappa shape index (κ3) is 3.72. The number of ether oxygens (including phenoxy) is 1. The van der Waals surface area contributed by atoms with E-state index in [4.69, 9.17) is 5.73 Å². The summed E-state index contributed by atoms with van der Waals surface area (Å²) < 4.78 is 4.57. The van der Waals surface area contributed by atoms with Crippen LogP contribution in [-0.4, -0.2) is 28.2 Å². The Bertz CT molecular complexity index is 927. The van der Waals surface area contributed by atoms with Crippen LogP contribution in [0, 0.1) is 6.92 Å². The van der Waals surface area contributed by atoms with Crippen LogP contribution in [0.5, 0.6) is 0 Å². The minimum absolute atomic E-state index is 0.365. The van der Waals surface area contributed by atoms with Crippen molar-refractivity contribution in [3.05, 3.63) is 54.6 Å². The van der Waals surface area contributed by atoms with Crippen molar-refractivity contribution in [3.63, 3.8) is 0 Å². The normalized spacial score (nSPS) is 10.3. The van der Waals surface area contributed by atoms with E-state index in [0.29, 0.717) is 17.2 Å². The lowest BCUT2D eigenvalue weighted by atomic mass is 10.0. The smallest absolute Gasteiger partial charge is 0.412 e. The third-order valence-electron chi connectivity index (χ3n) is 3.66. The molecule has 0 bridgehead atoms. The van der Waals surface area contributed by atoms with E-state index in [2.05, 4.69) is 25.0 Å². The topological polar surface area (TPSA) is 103 Å². The van der Waals surface area contributed by atoms with E-state index < -0.39 is 6.09 Å². The van der Waals surface area contributed by atoms with Crippen LogP contribution in [0.25, 0.3) is 22.4 Å². The number of carbonyl (C=O) groups excluding carboxylic acids is 1. The number of nitrogen functional groups attached to an aromatic ring is 1. The fourth-order valence-electron chi connectivity index (χ4n) is 2.43. The van der Waals surface area contributed by atoms with Crippen LogP contribution in [0.4, 0.5) is 16.3 Å². The number of carbonyl (C=O) groups is 1. The minimum atomic E-state index is -0.583. The van der Waals surface area contributed by atoms with Crippen LogP contribution < -0.4 is 11.1 Å². The number of methoxy groups -OCH3 is 1. The molecule has 3 N–H and O–H groups in total. The quantitative estimate of drug-likeness (QED) is 0.761. The van der Waals surface area contributed by atoms with E-state index >= 15 is 0 Å². The van der Waals surface area contributed by atoms with Crippen molar-refractivity contribution in [2.24, 2.45) is 0 Å². The highest BCUT2D eigenvalue weighted by Crippen LogP contribution is 2.28. The summed E-state index contributed by atoms with van der Waals surface area (Å²) in [6.45, 7) is 1.94. The van der Waals surface area contributed by atoms with Crippen molar-refractivity contribution in [2.75, 3.05) is 18.2 Å². The number of amides is 1. The van der Waals surface area contributed by atoms with E-state index in [0.717, 1.165) is 22.4 Å². The van der Waals surface area contributed by atoms with Gasteiger partial charge in [0.15, 0.2) is 0 Å². The Labute approximate surface area is 144 Å². The monoisotopic (exact) mass is 335 g/mol. The molecule has 0 saturated carbocycles. The van der Waals surface area contributed by atoms with Gasteiger partial charge in [0, 0.05) is 22.9 Å². The molecule has 3 rings (SSSR count). The maximum Gasteiger partial charge on any atom is 0.412 e. The lowest BCUT2D eigenvalue weighted by Gasteiger charge is -2.09. The molecule has 0 radical (unpaired) electrons. The summed E-state index contributed by atoms with van der Waals surface area (Å²) in [6.07, 6.45) is 2.44. The number of benzene rings is 1. The Hall–Kier alpha value is -3.48. The number of hydrogen-bond donors (Lipinski definition) is 2. The van der Waals surface area contributed by atoms with Crippen LogP contribution in [0.1, 0.15) is 5.69 Å². The second-order valence-electron chi connectivity index (χ2n) is 5.39. The Balaban J connectivity index is 1.98. The summed E-state index contributed by atoms with van der Waals surface area (Å²) in [7, 11) is 1.29. The van der Waals surface area contributed by atoms with Gasteiger partial charge in [0.2, 0.25) is 0 Å². The first-order chi connectivity index (χ1) is 12.1. The average molecular weight is 335 g/mol. The maximum atomic E-state index is 11.3. The second kappa shape index (κ2) is 6.96. The van der Waals surface area contributed by atoms with Crippen molar-refractivity contribution in [1.82, 2.24) is 15.0 Å². The lowest BCUT2D eigenvalue weighted by molar-refractivity contribution is 0.187. The first kappa shape index (κ1) is 16.4. The number of pyridine rings is 1. The Kier molecular flexibility index (Phi) is 4.56. The molecule has 0 aliphatic rings. The highest BCUT2D eigenvalue weighted by Gasteiger charge is 2.08. The van der Waals surface area contributed by atoms with Gasteiger partial charge in [-0.25, -0.2) is 14.8 Å². The maximum absolute atomic E-state index is 11.3. The molecule has 1 aromatic carbocycles. The van der Waals surface area contributed by atoms with Gasteiger partial charge in [-0.2, -0.15) is 0 Å². The molecule has 0 aliphatic heterocycles. The van der Waals surface area contributed by atoms with Gasteiger partial charge >= 0.3 is 6.09 Å². The second-order valence-corrected chi connectivity index (χ2v) is 5.39. The van der Waals surface area contributed by atoms with E-state index in [1.165, 1.54) is 13.4 Å². The molecule has 25 heavy (non-hydrogen) atoms. The summed E-state index contributed by atoms with van der Waals surface area (Å²) in [4.78, 5) is 23.9. The fourth-order valence-corrected chi connectivity index (χ4v) is 2.43. The molecule has 0 fully saturated rings. The van der Waals surface area contributed by atoms with Crippen molar-refractivity contribution in [3.8, 4) is 22.4 Å². The molecule has 0 unspecified atom stereocenters. The summed E-state index contributed by atoms with van der Waals surface area (Å²) >= 11 is 0. The van der Waals surface area contributed by atoms with E-state index in [9.17, 15) is 4.79 Å². The zero-order valence-corrected chi connectivity index (χ0v) is 13.9. The van der Waals surface area contributed by atoms with Gasteiger partial charge in [0.1, 0.15) is 12.1 Å². The summed E-state index contributed by atoms with van der Waals surface area (Å²) in [5.74, 6) is 0.365. The van der Waals surface area contributed by atoms with Gasteiger partial charge in [0.25, 0.3) is 0 Å². The molecule has 7 heteroatoms. The molecule has 0 aliphatic carbocycles. The van der Waals surface area contributed by atoms with Crippen LogP contribution in [0.2, 0.25) is 0 Å². The number of aryl methyl sites for hydroxylation is 1. The first-order valence-corrected chi connectivity index (χ1v) is 7.57. The SMILES string of the molecule is COC(=O)Nc1cc(-c2cccc(-c3cc(N)cnc3C)c2)ncn1. The number of nitrogens with zero attached hydrogens (tertiary/aromatic N) is 3. The minimum Gasteiger partial charge on any atom is -0.453 e. The largest absolute Gasteiger partial charge is 0.453 e. The van der Waals surface area contributed by atoms with Crippen molar-refractivity contribution in [1.29, 1.82) is 0 Å². The molecular weight excluding hydrogens is 318 g/mol. The van der Waals surface area contributed by atoms with Crippen molar-refractivity contribution >= 4 is 17.6 Å². The van der Waals surface area contributed by atoms with Crippen LogP contribution in [0.15, 0.2) is 48.9 Å². The summed E-state index contributed by atoms with van der Waals surface area (Å²) in [5, 5.41) is 2.53. The molecule has 0 saturated heterocycles. The zero-order chi connectivity index (χ0) is 17.8. The van der Waals surface area contributed by atoms with Crippen LogP contribution >= 0.6 is 0 Å². The van der Waals surface area contributed by atoms with Crippen LogP contribution in [-0.2, 0) is 4.74 Å². The summed E-state index contributed by atoms with van der Waals surface area (Å²) in [6, 6.07) is 11.4. The molecule has 0 spiro atoms. The molecular formula is C18H17N5O2. The van der Waals surface area contributed by atoms with E-state index in [1.807, 2.05) is 37.3 Å². The number of aromatic nitrogens is 3. The summed E-state index contributed by atoms with van der Waals surface area (Å²) in [5.41, 5.74) is 10.9. The number of nitrogens with two attached hydrogens (primary N) is 1. The molecule has 1 amide bonds. The van der Waals surface area contributed by atoms with Gasteiger partial charge < -0.3 is 10.5 Å². The molecule has 3 aromatic rings. The fraction of sp³-hybridized carbons (Fsp3) is 0.111. The molecule has 2 aromatic heterocycles. The predicted octanol–water partition coefficient (Wildman–Crippen LogP) is 3.27. The third-order valence-corrected chi connectivity index (χ3v) is 3.66.